The second-order valence-corrected chi connectivity index (χ2v) is 6.32. The van der Waals surface area contributed by atoms with E-state index in [1.54, 1.807) is 24.3 Å². The molecule has 0 atom stereocenters. The van der Waals surface area contributed by atoms with Gasteiger partial charge in [0.05, 0.1) is 11.1 Å². The minimum absolute atomic E-state index is 0.255. The fourth-order valence-corrected chi connectivity index (χ4v) is 3.10. The van der Waals surface area contributed by atoms with Crippen LogP contribution in [0.1, 0.15) is 21.5 Å². The van der Waals surface area contributed by atoms with Crippen LogP contribution >= 0.6 is 0 Å². The second kappa shape index (κ2) is 7.37. The van der Waals surface area contributed by atoms with Gasteiger partial charge in [-0.3, -0.25) is 4.90 Å². The van der Waals surface area contributed by atoms with Crippen LogP contribution in [0.25, 0.3) is 0 Å². The van der Waals surface area contributed by atoms with Gasteiger partial charge in [-0.15, -0.1) is 0 Å². The molecule has 1 heterocycles. The number of carboxylic acids is 1. The lowest BCUT2D eigenvalue weighted by molar-refractivity contribution is -0.137. The summed E-state index contributed by atoms with van der Waals surface area (Å²) in [5.41, 5.74) is 1.11. The molecule has 138 valence electrons. The van der Waals surface area contributed by atoms with Crippen molar-refractivity contribution in [3.63, 3.8) is 0 Å². The molecule has 0 aliphatic carbocycles. The normalized spacial score (nSPS) is 15.9. The van der Waals surface area contributed by atoms with E-state index < -0.39 is 17.7 Å². The number of halogens is 3. The summed E-state index contributed by atoms with van der Waals surface area (Å²) in [5, 5.41) is 9.06. The van der Waals surface area contributed by atoms with Gasteiger partial charge in [0, 0.05) is 38.4 Å². The standard InChI is InChI=1S/C19H19F3N2O2/c20-19(21,22)16-5-2-6-17(12-16)24-9-7-23(8-10-24)13-14-3-1-4-15(11-14)18(25)26/h1-6,11-12H,7-10,13H2,(H,25,26). The van der Waals surface area contributed by atoms with Crippen LogP contribution in [-0.4, -0.2) is 42.2 Å². The molecule has 26 heavy (non-hydrogen) atoms. The van der Waals surface area contributed by atoms with Gasteiger partial charge in [-0.25, -0.2) is 4.79 Å². The number of rotatable bonds is 4. The molecule has 0 unspecified atom stereocenters. The van der Waals surface area contributed by atoms with Crippen molar-refractivity contribution >= 4 is 11.7 Å². The van der Waals surface area contributed by atoms with Crippen LogP contribution in [0.2, 0.25) is 0 Å². The number of hydrogen-bond donors (Lipinski definition) is 1. The number of anilines is 1. The summed E-state index contributed by atoms with van der Waals surface area (Å²) in [7, 11) is 0. The Kier molecular flexibility index (Phi) is 5.18. The first-order valence-electron chi connectivity index (χ1n) is 8.30. The highest BCUT2D eigenvalue weighted by Gasteiger charge is 2.31. The van der Waals surface area contributed by atoms with Crippen molar-refractivity contribution < 1.29 is 23.1 Å². The van der Waals surface area contributed by atoms with Crippen LogP contribution in [-0.2, 0) is 12.7 Å². The predicted molar refractivity (Wildman–Crippen MR) is 92.3 cm³/mol. The smallest absolute Gasteiger partial charge is 0.416 e. The highest BCUT2D eigenvalue weighted by Crippen LogP contribution is 2.31. The van der Waals surface area contributed by atoms with E-state index in [0.717, 1.165) is 11.6 Å². The molecule has 2 aromatic carbocycles. The largest absolute Gasteiger partial charge is 0.478 e. The Morgan fingerprint density at radius 3 is 2.35 bits per heavy atom. The molecule has 1 aliphatic heterocycles. The number of nitrogens with zero attached hydrogens (tertiary/aromatic N) is 2. The molecule has 0 amide bonds. The third-order valence-corrected chi connectivity index (χ3v) is 4.49. The Labute approximate surface area is 149 Å². The third kappa shape index (κ3) is 4.35. The van der Waals surface area contributed by atoms with Gasteiger partial charge < -0.3 is 10.0 Å². The fourth-order valence-electron chi connectivity index (χ4n) is 3.10. The monoisotopic (exact) mass is 364 g/mol. The summed E-state index contributed by atoms with van der Waals surface area (Å²) in [6.45, 7) is 3.28. The van der Waals surface area contributed by atoms with Crippen molar-refractivity contribution in [3.05, 3.63) is 65.2 Å². The zero-order valence-corrected chi connectivity index (χ0v) is 14.0. The summed E-state index contributed by atoms with van der Waals surface area (Å²) in [6.07, 6.45) is -4.34. The Hall–Kier alpha value is -2.54. The van der Waals surface area contributed by atoms with Crippen LogP contribution in [0.3, 0.4) is 0 Å². The number of benzene rings is 2. The maximum absolute atomic E-state index is 12.9. The first-order chi connectivity index (χ1) is 12.3. The lowest BCUT2D eigenvalue weighted by Gasteiger charge is -2.36. The van der Waals surface area contributed by atoms with Gasteiger partial charge in [0.15, 0.2) is 0 Å². The lowest BCUT2D eigenvalue weighted by Crippen LogP contribution is -2.46. The summed E-state index contributed by atoms with van der Waals surface area (Å²) in [6, 6.07) is 12.2. The summed E-state index contributed by atoms with van der Waals surface area (Å²) in [4.78, 5) is 15.2. The van der Waals surface area contributed by atoms with Gasteiger partial charge in [-0.05, 0) is 35.9 Å². The fraction of sp³-hybridized carbons (Fsp3) is 0.316. The molecule has 0 aromatic heterocycles. The predicted octanol–water partition coefficient (Wildman–Crippen LogP) is 3.73. The number of carboxylic acid groups (broad SMARTS) is 1. The van der Waals surface area contributed by atoms with Gasteiger partial charge >= 0.3 is 12.1 Å². The molecule has 1 saturated heterocycles. The van der Waals surface area contributed by atoms with E-state index in [1.165, 1.54) is 12.1 Å². The zero-order valence-electron chi connectivity index (χ0n) is 14.0. The van der Waals surface area contributed by atoms with Crippen molar-refractivity contribution in [3.8, 4) is 0 Å². The summed E-state index contributed by atoms with van der Waals surface area (Å²) in [5.74, 6) is -0.957. The average molecular weight is 364 g/mol. The van der Waals surface area contributed by atoms with Crippen molar-refractivity contribution in [2.45, 2.75) is 12.7 Å². The lowest BCUT2D eigenvalue weighted by atomic mass is 10.1. The van der Waals surface area contributed by atoms with Crippen LogP contribution in [0.15, 0.2) is 48.5 Å². The van der Waals surface area contributed by atoms with Crippen molar-refractivity contribution in [2.24, 2.45) is 0 Å². The van der Waals surface area contributed by atoms with Crippen LogP contribution in [0, 0.1) is 0 Å². The zero-order chi connectivity index (χ0) is 18.7. The minimum Gasteiger partial charge on any atom is -0.478 e. The molecule has 0 spiro atoms. The van der Waals surface area contributed by atoms with E-state index in [1.807, 2.05) is 11.0 Å². The van der Waals surface area contributed by atoms with Gasteiger partial charge in [0.2, 0.25) is 0 Å². The van der Waals surface area contributed by atoms with E-state index in [9.17, 15) is 18.0 Å². The average Bonchev–Trinajstić information content (AvgIpc) is 2.62. The highest BCUT2D eigenvalue weighted by molar-refractivity contribution is 5.87. The minimum atomic E-state index is -4.34. The second-order valence-electron chi connectivity index (χ2n) is 6.32. The molecule has 2 aromatic rings. The van der Waals surface area contributed by atoms with Gasteiger partial charge in [0.25, 0.3) is 0 Å². The molecule has 1 N–H and O–H groups in total. The SMILES string of the molecule is O=C(O)c1cccc(CN2CCN(c3cccc(C(F)(F)F)c3)CC2)c1. The van der Waals surface area contributed by atoms with Crippen LogP contribution < -0.4 is 4.90 Å². The van der Waals surface area contributed by atoms with Gasteiger partial charge in [-0.2, -0.15) is 13.2 Å². The quantitative estimate of drug-likeness (QED) is 0.898. The van der Waals surface area contributed by atoms with Gasteiger partial charge in [0.1, 0.15) is 0 Å². The Morgan fingerprint density at radius 1 is 1.00 bits per heavy atom. The Bertz CT molecular complexity index is 784. The molecule has 7 heteroatoms. The molecule has 0 radical (unpaired) electrons. The molecule has 1 fully saturated rings. The van der Waals surface area contributed by atoms with E-state index in [2.05, 4.69) is 4.90 Å². The van der Waals surface area contributed by atoms with E-state index in [4.69, 9.17) is 5.11 Å². The Morgan fingerprint density at radius 2 is 1.69 bits per heavy atom. The Balaban J connectivity index is 1.61. The molecule has 3 rings (SSSR count). The first kappa shape index (κ1) is 18.3. The highest BCUT2D eigenvalue weighted by atomic mass is 19.4. The summed E-state index contributed by atoms with van der Waals surface area (Å²) < 4.78 is 38.6. The number of piperazine rings is 1. The number of hydrogen-bond acceptors (Lipinski definition) is 3. The van der Waals surface area contributed by atoms with E-state index in [-0.39, 0.29) is 5.56 Å². The summed E-state index contributed by atoms with van der Waals surface area (Å²) >= 11 is 0. The maximum Gasteiger partial charge on any atom is 0.416 e. The number of aromatic carboxylic acids is 1. The van der Waals surface area contributed by atoms with E-state index >= 15 is 0 Å². The molecular formula is C19H19F3N2O2. The van der Waals surface area contributed by atoms with Crippen LogP contribution in [0.5, 0.6) is 0 Å². The third-order valence-electron chi connectivity index (χ3n) is 4.49. The molecule has 0 bridgehead atoms. The van der Waals surface area contributed by atoms with Crippen molar-refractivity contribution in [1.82, 2.24) is 4.90 Å². The molecule has 1 aliphatic rings. The van der Waals surface area contributed by atoms with Crippen molar-refractivity contribution in [1.29, 1.82) is 0 Å². The molecule has 0 saturated carbocycles. The van der Waals surface area contributed by atoms with Crippen LogP contribution in [0.4, 0.5) is 18.9 Å². The first-order valence-corrected chi connectivity index (χ1v) is 8.30. The topological polar surface area (TPSA) is 43.8 Å². The van der Waals surface area contributed by atoms with Gasteiger partial charge in [-0.1, -0.05) is 18.2 Å². The number of alkyl halides is 3. The maximum atomic E-state index is 12.9. The number of carbonyl (C=O) groups is 1. The van der Waals surface area contributed by atoms with Crippen molar-refractivity contribution in [2.75, 3.05) is 31.1 Å². The molecular weight excluding hydrogens is 345 g/mol. The van der Waals surface area contributed by atoms with E-state index in [0.29, 0.717) is 38.4 Å². The molecule has 4 nitrogen and oxygen atoms in total.